The third-order valence-corrected chi connectivity index (χ3v) is 3.56. The number of aliphatic hydroxyl groups excluding tert-OH is 1. The Morgan fingerprint density at radius 1 is 1.47 bits per heavy atom. The van der Waals surface area contributed by atoms with E-state index in [0.29, 0.717) is 4.47 Å². The first-order valence-electron chi connectivity index (χ1n) is 4.03. The smallest absolute Gasteiger partial charge is 0.243 e. The van der Waals surface area contributed by atoms with E-state index in [0.717, 1.165) is 12.1 Å². The molecule has 0 saturated heterocycles. The van der Waals surface area contributed by atoms with Crippen LogP contribution in [0.15, 0.2) is 27.6 Å². The van der Waals surface area contributed by atoms with Gasteiger partial charge >= 0.3 is 0 Å². The summed E-state index contributed by atoms with van der Waals surface area (Å²) in [5.41, 5.74) is 0. The van der Waals surface area contributed by atoms with Crippen molar-refractivity contribution in [1.82, 2.24) is 4.72 Å². The minimum absolute atomic E-state index is 0.145. The molecule has 0 radical (unpaired) electrons. The largest absolute Gasteiger partial charge is 0.395 e. The maximum atomic E-state index is 13.2. The minimum Gasteiger partial charge on any atom is -0.395 e. The van der Waals surface area contributed by atoms with E-state index in [1.165, 1.54) is 6.07 Å². The van der Waals surface area contributed by atoms with Crippen LogP contribution in [0.25, 0.3) is 0 Å². The van der Waals surface area contributed by atoms with Crippen molar-refractivity contribution in [3.8, 4) is 0 Å². The van der Waals surface area contributed by atoms with Crippen molar-refractivity contribution in [3.05, 3.63) is 28.5 Å². The molecule has 0 aliphatic heterocycles. The summed E-state index contributed by atoms with van der Waals surface area (Å²) in [6.07, 6.45) is 0. The van der Waals surface area contributed by atoms with Gasteiger partial charge in [0.1, 0.15) is 10.7 Å². The summed E-state index contributed by atoms with van der Waals surface area (Å²) in [5, 5.41) is 8.47. The van der Waals surface area contributed by atoms with Crippen LogP contribution in [0.5, 0.6) is 0 Å². The molecule has 4 nitrogen and oxygen atoms in total. The summed E-state index contributed by atoms with van der Waals surface area (Å²) in [4.78, 5) is -0.440. The van der Waals surface area contributed by atoms with Gasteiger partial charge in [0.25, 0.3) is 0 Å². The molecule has 0 aromatic heterocycles. The van der Waals surface area contributed by atoms with Crippen molar-refractivity contribution in [2.45, 2.75) is 4.90 Å². The van der Waals surface area contributed by atoms with Gasteiger partial charge in [-0.15, -0.1) is 0 Å². The zero-order valence-electron chi connectivity index (χ0n) is 7.57. The van der Waals surface area contributed by atoms with Gasteiger partial charge in [-0.3, -0.25) is 0 Å². The third kappa shape index (κ3) is 3.23. The molecule has 0 unspecified atom stereocenters. The van der Waals surface area contributed by atoms with Gasteiger partial charge in [0, 0.05) is 11.0 Å². The monoisotopic (exact) mass is 297 g/mol. The molecule has 0 bridgehead atoms. The number of aliphatic hydroxyl groups is 1. The summed E-state index contributed by atoms with van der Waals surface area (Å²) in [6.45, 7) is -0.483. The second-order valence-corrected chi connectivity index (χ2v) is 5.35. The lowest BCUT2D eigenvalue weighted by molar-refractivity contribution is 0.301. The van der Waals surface area contributed by atoms with Crippen molar-refractivity contribution < 1.29 is 17.9 Å². The molecule has 15 heavy (non-hydrogen) atoms. The van der Waals surface area contributed by atoms with E-state index in [-0.39, 0.29) is 13.2 Å². The summed E-state index contributed by atoms with van der Waals surface area (Å²) >= 11 is 3.05. The first kappa shape index (κ1) is 12.6. The Morgan fingerprint density at radius 3 is 2.73 bits per heavy atom. The molecular formula is C8H9BrFNO3S. The van der Waals surface area contributed by atoms with Crippen molar-refractivity contribution in [1.29, 1.82) is 0 Å². The summed E-state index contributed by atoms with van der Waals surface area (Å²) in [6, 6.07) is 3.62. The number of rotatable bonds is 4. The summed E-state index contributed by atoms with van der Waals surface area (Å²) in [5.74, 6) is -0.830. The van der Waals surface area contributed by atoms with Gasteiger partial charge in [-0.25, -0.2) is 17.5 Å². The van der Waals surface area contributed by atoms with E-state index < -0.39 is 20.7 Å². The van der Waals surface area contributed by atoms with Gasteiger partial charge in [0.2, 0.25) is 10.0 Å². The van der Waals surface area contributed by atoms with Crippen LogP contribution in [0.4, 0.5) is 4.39 Å². The topological polar surface area (TPSA) is 66.4 Å². The first-order chi connectivity index (χ1) is 6.97. The van der Waals surface area contributed by atoms with Gasteiger partial charge < -0.3 is 5.11 Å². The standard InChI is InChI=1S/C8H9BrFNO3S/c9-6-1-2-7(10)8(5-6)15(13,14)11-3-4-12/h1-2,5,11-12H,3-4H2. The lowest BCUT2D eigenvalue weighted by Gasteiger charge is -2.06. The summed E-state index contributed by atoms with van der Waals surface area (Å²) in [7, 11) is -3.89. The quantitative estimate of drug-likeness (QED) is 0.866. The Morgan fingerprint density at radius 2 is 2.13 bits per heavy atom. The second-order valence-electron chi connectivity index (χ2n) is 2.70. The molecule has 1 rings (SSSR count). The average molecular weight is 298 g/mol. The van der Waals surface area contributed by atoms with Gasteiger partial charge in [-0.2, -0.15) is 0 Å². The van der Waals surface area contributed by atoms with Gasteiger partial charge in [0.05, 0.1) is 6.61 Å². The molecule has 1 aromatic rings. The van der Waals surface area contributed by atoms with E-state index in [1.807, 2.05) is 0 Å². The maximum absolute atomic E-state index is 13.2. The zero-order chi connectivity index (χ0) is 11.5. The lowest BCUT2D eigenvalue weighted by Crippen LogP contribution is -2.27. The molecule has 84 valence electrons. The molecule has 2 N–H and O–H groups in total. The van der Waals surface area contributed by atoms with Crippen LogP contribution < -0.4 is 4.72 Å². The molecular weight excluding hydrogens is 289 g/mol. The van der Waals surface area contributed by atoms with Crippen LogP contribution in [0, 0.1) is 5.82 Å². The fourth-order valence-electron chi connectivity index (χ4n) is 0.941. The second kappa shape index (κ2) is 5.02. The van der Waals surface area contributed by atoms with Gasteiger partial charge in [-0.1, -0.05) is 15.9 Å². The molecule has 0 amide bonds. The molecule has 7 heteroatoms. The molecule has 0 heterocycles. The Labute approximate surface area is 95.3 Å². The minimum atomic E-state index is -3.89. The first-order valence-corrected chi connectivity index (χ1v) is 6.30. The van der Waals surface area contributed by atoms with E-state index in [1.54, 1.807) is 0 Å². The molecule has 0 aliphatic rings. The van der Waals surface area contributed by atoms with Crippen LogP contribution in [-0.4, -0.2) is 26.7 Å². The highest BCUT2D eigenvalue weighted by molar-refractivity contribution is 9.10. The Hall–Kier alpha value is -0.500. The maximum Gasteiger partial charge on any atom is 0.243 e. The SMILES string of the molecule is O=S(=O)(NCCO)c1cc(Br)ccc1F. The van der Waals surface area contributed by atoms with E-state index in [4.69, 9.17) is 5.11 Å². The fourth-order valence-corrected chi connectivity index (χ4v) is 2.58. The fraction of sp³-hybridized carbons (Fsp3) is 0.250. The Bertz CT molecular complexity index is 449. The number of benzene rings is 1. The van der Waals surface area contributed by atoms with Gasteiger partial charge in [0.15, 0.2) is 0 Å². The van der Waals surface area contributed by atoms with Crippen LogP contribution in [0.1, 0.15) is 0 Å². The van der Waals surface area contributed by atoms with Crippen LogP contribution in [0.3, 0.4) is 0 Å². The lowest BCUT2D eigenvalue weighted by atomic mass is 10.3. The zero-order valence-corrected chi connectivity index (χ0v) is 9.98. The molecule has 0 fully saturated rings. The third-order valence-electron chi connectivity index (χ3n) is 1.59. The molecule has 0 spiro atoms. The number of sulfonamides is 1. The predicted octanol–water partition coefficient (Wildman–Crippen LogP) is 0.859. The van der Waals surface area contributed by atoms with Crippen LogP contribution in [-0.2, 0) is 10.0 Å². The van der Waals surface area contributed by atoms with E-state index in [2.05, 4.69) is 20.7 Å². The average Bonchev–Trinajstić information content (AvgIpc) is 2.18. The van der Waals surface area contributed by atoms with Crippen molar-refractivity contribution in [3.63, 3.8) is 0 Å². The Kier molecular flexibility index (Phi) is 4.21. The number of hydrogen-bond acceptors (Lipinski definition) is 3. The molecule has 0 aliphatic carbocycles. The molecule has 0 saturated carbocycles. The van der Waals surface area contributed by atoms with Crippen LogP contribution >= 0.6 is 15.9 Å². The summed E-state index contributed by atoms with van der Waals surface area (Å²) < 4.78 is 38.7. The number of nitrogens with one attached hydrogen (secondary N) is 1. The van der Waals surface area contributed by atoms with E-state index >= 15 is 0 Å². The van der Waals surface area contributed by atoms with Crippen molar-refractivity contribution >= 4 is 26.0 Å². The number of hydrogen-bond donors (Lipinski definition) is 2. The highest BCUT2D eigenvalue weighted by Crippen LogP contribution is 2.19. The molecule has 1 aromatic carbocycles. The van der Waals surface area contributed by atoms with Crippen molar-refractivity contribution in [2.75, 3.05) is 13.2 Å². The predicted molar refractivity (Wildman–Crippen MR) is 56.4 cm³/mol. The van der Waals surface area contributed by atoms with Crippen molar-refractivity contribution in [2.24, 2.45) is 0 Å². The van der Waals surface area contributed by atoms with Crippen LogP contribution in [0.2, 0.25) is 0 Å². The normalized spacial score (nSPS) is 11.7. The molecule has 0 atom stereocenters. The highest BCUT2D eigenvalue weighted by atomic mass is 79.9. The van der Waals surface area contributed by atoms with E-state index in [9.17, 15) is 12.8 Å². The Balaban J connectivity index is 3.09. The highest BCUT2D eigenvalue weighted by Gasteiger charge is 2.18. The van der Waals surface area contributed by atoms with Gasteiger partial charge in [-0.05, 0) is 18.2 Å². The number of halogens is 2.